The van der Waals surface area contributed by atoms with E-state index in [1.54, 1.807) is 20.3 Å². The first-order valence-corrected chi connectivity index (χ1v) is 8.97. The third kappa shape index (κ3) is 4.17. The Hall–Kier alpha value is -1.98. The summed E-state index contributed by atoms with van der Waals surface area (Å²) in [6.07, 6.45) is 3.23. The minimum Gasteiger partial charge on any atom is -0.497 e. The number of methoxy groups -OCH3 is 2. The predicted molar refractivity (Wildman–Crippen MR) is 106 cm³/mol. The molecule has 0 unspecified atom stereocenters. The van der Waals surface area contributed by atoms with Gasteiger partial charge in [-0.2, -0.15) is 0 Å². The Kier molecular flexibility index (Phi) is 5.66. The van der Waals surface area contributed by atoms with Gasteiger partial charge in [0.25, 0.3) is 0 Å². The van der Waals surface area contributed by atoms with Crippen LogP contribution in [0.25, 0.3) is 0 Å². The topological polar surface area (TPSA) is 42.5 Å². The molecular formula is C19H21ClN2O2S. The molecule has 0 heterocycles. The fourth-order valence-electron chi connectivity index (χ4n) is 3.14. The van der Waals surface area contributed by atoms with Crippen LogP contribution in [0.5, 0.6) is 11.5 Å². The summed E-state index contributed by atoms with van der Waals surface area (Å²) in [6, 6.07) is 11.9. The molecule has 0 saturated carbocycles. The highest BCUT2D eigenvalue weighted by atomic mass is 35.5. The van der Waals surface area contributed by atoms with E-state index in [1.807, 2.05) is 18.2 Å². The summed E-state index contributed by atoms with van der Waals surface area (Å²) in [5, 5.41) is 7.73. The van der Waals surface area contributed by atoms with Gasteiger partial charge in [-0.15, -0.1) is 0 Å². The smallest absolute Gasteiger partial charge is 0.171 e. The molecule has 3 rings (SSSR count). The normalized spacial score (nSPS) is 15.9. The lowest BCUT2D eigenvalue weighted by molar-refractivity contribution is 0.412. The quantitative estimate of drug-likeness (QED) is 0.755. The Morgan fingerprint density at radius 2 is 2.00 bits per heavy atom. The first-order chi connectivity index (χ1) is 12.1. The minimum absolute atomic E-state index is 0.198. The van der Waals surface area contributed by atoms with Gasteiger partial charge in [-0.05, 0) is 72.9 Å². The third-order valence-electron chi connectivity index (χ3n) is 4.38. The van der Waals surface area contributed by atoms with Crippen LogP contribution < -0.4 is 20.1 Å². The molecule has 1 aliphatic rings. The molecule has 0 amide bonds. The summed E-state index contributed by atoms with van der Waals surface area (Å²) < 4.78 is 10.5. The Labute approximate surface area is 158 Å². The molecule has 4 nitrogen and oxygen atoms in total. The molecule has 0 saturated heterocycles. The van der Waals surface area contributed by atoms with Gasteiger partial charge in [0.05, 0.1) is 25.3 Å². The van der Waals surface area contributed by atoms with Crippen molar-refractivity contribution in [3.8, 4) is 11.5 Å². The van der Waals surface area contributed by atoms with Crippen molar-refractivity contribution >= 4 is 34.6 Å². The Bertz CT molecular complexity index is 782. The van der Waals surface area contributed by atoms with E-state index in [4.69, 9.17) is 33.3 Å². The van der Waals surface area contributed by atoms with Crippen molar-refractivity contribution in [2.45, 2.75) is 25.3 Å². The summed E-state index contributed by atoms with van der Waals surface area (Å²) >= 11 is 11.6. The van der Waals surface area contributed by atoms with Crippen molar-refractivity contribution in [1.29, 1.82) is 0 Å². The summed E-state index contributed by atoms with van der Waals surface area (Å²) in [5.74, 6) is 1.54. The fraction of sp³-hybridized carbons (Fsp3) is 0.316. The van der Waals surface area contributed by atoms with E-state index in [1.165, 1.54) is 11.1 Å². The summed E-state index contributed by atoms with van der Waals surface area (Å²) in [6.45, 7) is 0. The van der Waals surface area contributed by atoms with Crippen LogP contribution in [0.2, 0.25) is 5.02 Å². The first-order valence-electron chi connectivity index (χ1n) is 8.18. The van der Waals surface area contributed by atoms with Crippen molar-refractivity contribution in [3.63, 3.8) is 0 Å². The van der Waals surface area contributed by atoms with E-state index >= 15 is 0 Å². The van der Waals surface area contributed by atoms with Gasteiger partial charge < -0.3 is 20.1 Å². The second-order valence-electron chi connectivity index (χ2n) is 5.96. The lowest BCUT2D eigenvalue weighted by Crippen LogP contribution is -2.34. The number of fused-ring (bicyclic) bond motifs is 1. The Balaban J connectivity index is 1.69. The Morgan fingerprint density at radius 1 is 1.16 bits per heavy atom. The fourth-order valence-corrected chi connectivity index (χ4v) is 3.65. The van der Waals surface area contributed by atoms with Gasteiger partial charge in [0.15, 0.2) is 5.11 Å². The number of ether oxygens (including phenoxy) is 2. The molecule has 2 N–H and O–H groups in total. The molecule has 1 aliphatic carbocycles. The second-order valence-corrected chi connectivity index (χ2v) is 6.77. The van der Waals surface area contributed by atoms with E-state index in [9.17, 15) is 0 Å². The molecule has 1 atom stereocenters. The minimum atomic E-state index is 0.198. The van der Waals surface area contributed by atoms with Crippen LogP contribution in [0.1, 0.15) is 30.0 Å². The first kappa shape index (κ1) is 17.8. The van der Waals surface area contributed by atoms with Gasteiger partial charge in [0.1, 0.15) is 11.5 Å². The number of aryl methyl sites for hydroxylation is 1. The molecule has 2 aromatic rings. The molecule has 0 aliphatic heterocycles. The zero-order valence-electron chi connectivity index (χ0n) is 14.3. The summed E-state index contributed by atoms with van der Waals surface area (Å²) in [7, 11) is 3.29. The van der Waals surface area contributed by atoms with Crippen LogP contribution >= 0.6 is 23.8 Å². The molecule has 25 heavy (non-hydrogen) atoms. The number of hydrogen-bond acceptors (Lipinski definition) is 3. The number of halogens is 1. The number of thiocarbonyl (C=S) groups is 1. The molecule has 2 aromatic carbocycles. The standard InChI is InChI=1S/C19H21ClN2O2S/c1-23-14-7-8-15-12(10-14)4-3-5-17(15)22-19(25)21-13-6-9-18(24-2)16(20)11-13/h6-11,17H,3-5H2,1-2H3,(H2,21,22,25)/t17-/m1/s1. The monoisotopic (exact) mass is 376 g/mol. The van der Waals surface area contributed by atoms with Gasteiger partial charge in [-0.25, -0.2) is 0 Å². The highest BCUT2D eigenvalue weighted by Gasteiger charge is 2.21. The molecule has 0 aromatic heterocycles. The van der Waals surface area contributed by atoms with Gasteiger partial charge in [-0.1, -0.05) is 17.7 Å². The zero-order chi connectivity index (χ0) is 17.8. The molecule has 6 heteroatoms. The van der Waals surface area contributed by atoms with Crippen molar-refractivity contribution in [1.82, 2.24) is 5.32 Å². The van der Waals surface area contributed by atoms with E-state index < -0.39 is 0 Å². The number of hydrogen-bond donors (Lipinski definition) is 2. The van der Waals surface area contributed by atoms with E-state index in [-0.39, 0.29) is 6.04 Å². The van der Waals surface area contributed by atoms with Crippen molar-refractivity contribution in [2.24, 2.45) is 0 Å². The lowest BCUT2D eigenvalue weighted by atomic mass is 9.87. The maximum atomic E-state index is 6.16. The van der Waals surface area contributed by atoms with Crippen LogP contribution in [0.15, 0.2) is 36.4 Å². The van der Waals surface area contributed by atoms with Gasteiger partial charge in [0, 0.05) is 5.69 Å². The van der Waals surface area contributed by atoms with Gasteiger partial charge >= 0.3 is 0 Å². The zero-order valence-corrected chi connectivity index (χ0v) is 15.8. The van der Waals surface area contributed by atoms with Crippen LogP contribution in [0.4, 0.5) is 5.69 Å². The summed E-state index contributed by atoms with van der Waals surface area (Å²) in [5.41, 5.74) is 3.43. The largest absolute Gasteiger partial charge is 0.497 e. The SMILES string of the molecule is COc1ccc2c(c1)CCC[C@H]2NC(=S)Nc1ccc(OC)c(Cl)c1. The molecule has 0 radical (unpaired) electrons. The van der Waals surface area contributed by atoms with Crippen LogP contribution in [0.3, 0.4) is 0 Å². The predicted octanol–water partition coefficient (Wildman–Crippen LogP) is 4.72. The second kappa shape index (κ2) is 7.93. The third-order valence-corrected chi connectivity index (χ3v) is 4.89. The van der Waals surface area contributed by atoms with Crippen molar-refractivity contribution in [3.05, 3.63) is 52.5 Å². The van der Waals surface area contributed by atoms with Crippen LogP contribution in [0, 0.1) is 0 Å². The summed E-state index contributed by atoms with van der Waals surface area (Å²) in [4.78, 5) is 0. The molecule has 132 valence electrons. The number of anilines is 1. The molecule has 0 spiro atoms. The number of rotatable bonds is 4. The average molecular weight is 377 g/mol. The molecular weight excluding hydrogens is 356 g/mol. The maximum Gasteiger partial charge on any atom is 0.171 e. The highest BCUT2D eigenvalue weighted by molar-refractivity contribution is 7.80. The average Bonchev–Trinajstić information content (AvgIpc) is 2.61. The van der Waals surface area contributed by atoms with Crippen LogP contribution in [-0.4, -0.2) is 19.3 Å². The maximum absolute atomic E-state index is 6.16. The van der Waals surface area contributed by atoms with E-state index in [0.29, 0.717) is 15.9 Å². The molecule has 0 fully saturated rings. The highest BCUT2D eigenvalue weighted by Crippen LogP contribution is 2.32. The van der Waals surface area contributed by atoms with Crippen LogP contribution in [-0.2, 0) is 6.42 Å². The van der Waals surface area contributed by atoms with E-state index in [0.717, 1.165) is 30.7 Å². The van der Waals surface area contributed by atoms with Gasteiger partial charge in [0.2, 0.25) is 0 Å². The number of benzene rings is 2. The van der Waals surface area contributed by atoms with Crippen molar-refractivity contribution in [2.75, 3.05) is 19.5 Å². The Morgan fingerprint density at radius 3 is 2.72 bits per heavy atom. The number of nitrogens with one attached hydrogen (secondary N) is 2. The van der Waals surface area contributed by atoms with Crippen molar-refractivity contribution < 1.29 is 9.47 Å². The van der Waals surface area contributed by atoms with Gasteiger partial charge in [-0.3, -0.25) is 0 Å². The lowest BCUT2D eigenvalue weighted by Gasteiger charge is -2.28. The molecule has 0 bridgehead atoms. The van der Waals surface area contributed by atoms with E-state index in [2.05, 4.69) is 22.8 Å².